The van der Waals surface area contributed by atoms with E-state index in [-0.39, 0.29) is 5.91 Å². The average molecular weight is 314 g/mol. The summed E-state index contributed by atoms with van der Waals surface area (Å²) in [4.78, 5) is 16.9. The first kappa shape index (κ1) is 14.0. The summed E-state index contributed by atoms with van der Waals surface area (Å²) in [5, 5.41) is 0.637. The molecule has 0 aliphatic carbocycles. The van der Waals surface area contributed by atoms with E-state index < -0.39 is 0 Å². The summed E-state index contributed by atoms with van der Waals surface area (Å²) < 4.78 is 0. The number of benzene rings is 1. The summed E-state index contributed by atoms with van der Waals surface area (Å²) in [6.07, 6.45) is 2.40. The van der Waals surface area contributed by atoms with E-state index in [1.807, 2.05) is 4.90 Å². The molecule has 0 saturated carbocycles. The van der Waals surface area contributed by atoms with Crippen LogP contribution in [0.3, 0.4) is 0 Å². The third-order valence-electron chi connectivity index (χ3n) is 4.18. The number of amides is 1. The molecule has 3 rings (SSSR count). The van der Waals surface area contributed by atoms with Crippen LogP contribution in [0, 0.1) is 0 Å². The summed E-state index contributed by atoms with van der Waals surface area (Å²) in [5.41, 5.74) is 6.65. The predicted molar refractivity (Wildman–Crippen MR) is 81.4 cm³/mol. The Hall–Kier alpha value is -0.970. The number of anilines is 1. The second-order valence-electron chi connectivity index (χ2n) is 5.44. The highest BCUT2D eigenvalue weighted by atomic mass is 35.5. The molecule has 20 heavy (non-hydrogen) atoms. The smallest absolute Gasteiger partial charge is 0.254 e. The second kappa shape index (κ2) is 5.43. The first-order valence-electron chi connectivity index (χ1n) is 6.84. The number of hydrogen-bond acceptors (Lipinski definition) is 3. The third-order valence-corrected chi connectivity index (χ3v) is 4.99. The molecule has 108 valence electrons. The molecule has 2 N–H and O–H groups in total. The van der Waals surface area contributed by atoms with Gasteiger partial charge in [-0.15, -0.1) is 0 Å². The summed E-state index contributed by atoms with van der Waals surface area (Å²) in [5.74, 6) is -0.0122. The van der Waals surface area contributed by atoms with Gasteiger partial charge in [0.25, 0.3) is 5.91 Å². The second-order valence-corrected chi connectivity index (χ2v) is 6.23. The Labute approximate surface area is 128 Å². The van der Waals surface area contributed by atoms with Crippen LogP contribution in [0.25, 0.3) is 0 Å². The summed E-state index contributed by atoms with van der Waals surface area (Å²) >= 11 is 11.9. The van der Waals surface area contributed by atoms with Gasteiger partial charge in [-0.3, -0.25) is 9.69 Å². The van der Waals surface area contributed by atoms with Gasteiger partial charge < -0.3 is 10.6 Å². The van der Waals surface area contributed by atoms with Crippen molar-refractivity contribution in [2.24, 2.45) is 0 Å². The number of nitrogens with zero attached hydrogens (tertiary/aromatic N) is 2. The van der Waals surface area contributed by atoms with Gasteiger partial charge >= 0.3 is 0 Å². The third kappa shape index (κ3) is 2.48. The summed E-state index contributed by atoms with van der Waals surface area (Å²) in [7, 11) is 0. The van der Waals surface area contributed by atoms with Gasteiger partial charge in [-0.25, -0.2) is 0 Å². The molecular weight excluding hydrogens is 297 g/mol. The molecule has 1 amide bonds. The molecule has 1 aromatic carbocycles. The van der Waals surface area contributed by atoms with Crippen LogP contribution >= 0.6 is 23.2 Å². The Morgan fingerprint density at radius 1 is 1.25 bits per heavy atom. The Morgan fingerprint density at radius 3 is 2.80 bits per heavy atom. The molecule has 0 bridgehead atoms. The molecule has 2 aliphatic rings. The number of nitrogens with two attached hydrogens (primary N) is 1. The van der Waals surface area contributed by atoms with Crippen molar-refractivity contribution < 1.29 is 4.79 Å². The van der Waals surface area contributed by atoms with Gasteiger partial charge in [0.05, 0.1) is 15.7 Å². The fourth-order valence-electron chi connectivity index (χ4n) is 3.09. The lowest BCUT2D eigenvalue weighted by Gasteiger charge is -2.37. The summed E-state index contributed by atoms with van der Waals surface area (Å²) in [6.45, 7) is 3.66. The number of nitrogen functional groups attached to an aromatic ring is 1. The van der Waals surface area contributed by atoms with Crippen LogP contribution in [-0.4, -0.2) is 47.9 Å². The number of carbonyl (C=O) groups is 1. The van der Waals surface area contributed by atoms with Crippen LogP contribution in [0.4, 0.5) is 5.69 Å². The maximum Gasteiger partial charge on any atom is 0.254 e. The van der Waals surface area contributed by atoms with Crippen LogP contribution in [-0.2, 0) is 0 Å². The molecule has 2 saturated heterocycles. The van der Waals surface area contributed by atoms with Crippen LogP contribution < -0.4 is 5.73 Å². The van der Waals surface area contributed by atoms with Gasteiger partial charge in [-0.05, 0) is 31.5 Å². The quantitative estimate of drug-likeness (QED) is 0.810. The number of fused-ring (bicyclic) bond motifs is 1. The molecule has 0 radical (unpaired) electrons. The molecule has 0 aromatic heterocycles. The average Bonchev–Trinajstić information content (AvgIpc) is 2.90. The topological polar surface area (TPSA) is 49.6 Å². The van der Waals surface area contributed by atoms with E-state index in [2.05, 4.69) is 4.90 Å². The van der Waals surface area contributed by atoms with Gasteiger partial charge in [-0.1, -0.05) is 23.2 Å². The van der Waals surface area contributed by atoms with E-state index in [4.69, 9.17) is 28.9 Å². The highest BCUT2D eigenvalue weighted by molar-refractivity contribution is 6.43. The van der Waals surface area contributed by atoms with Crippen LogP contribution in [0.5, 0.6) is 0 Å². The number of piperazine rings is 1. The van der Waals surface area contributed by atoms with E-state index >= 15 is 0 Å². The van der Waals surface area contributed by atoms with E-state index in [1.54, 1.807) is 12.1 Å². The van der Waals surface area contributed by atoms with Crippen LogP contribution in [0.15, 0.2) is 12.1 Å². The zero-order valence-corrected chi connectivity index (χ0v) is 12.6. The number of halogens is 2. The van der Waals surface area contributed by atoms with E-state index in [9.17, 15) is 4.79 Å². The fraction of sp³-hybridized carbons (Fsp3) is 0.500. The van der Waals surface area contributed by atoms with Crippen LogP contribution in [0.1, 0.15) is 23.2 Å². The Bertz CT molecular complexity index is 526. The summed E-state index contributed by atoms with van der Waals surface area (Å²) in [6, 6.07) is 3.72. The minimum Gasteiger partial charge on any atom is -0.397 e. The highest BCUT2D eigenvalue weighted by Crippen LogP contribution is 2.30. The van der Waals surface area contributed by atoms with Gasteiger partial charge in [0.2, 0.25) is 0 Å². The zero-order chi connectivity index (χ0) is 14.3. The molecule has 1 atom stereocenters. The van der Waals surface area contributed by atoms with Crippen molar-refractivity contribution in [3.8, 4) is 0 Å². The first-order chi connectivity index (χ1) is 9.56. The minimum absolute atomic E-state index is 0.0122. The number of rotatable bonds is 1. The predicted octanol–water partition coefficient (Wildman–Crippen LogP) is 2.50. The van der Waals surface area contributed by atoms with E-state index in [0.717, 1.165) is 26.2 Å². The largest absolute Gasteiger partial charge is 0.397 e. The Balaban J connectivity index is 1.79. The van der Waals surface area contributed by atoms with Crippen molar-refractivity contribution in [3.05, 3.63) is 27.7 Å². The monoisotopic (exact) mass is 313 g/mol. The van der Waals surface area contributed by atoms with Crippen molar-refractivity contribution in [1.82, 2.24) is 9.80 Å². The van der Waals surface area contributed by atoms with Gasteiger partial charge in [0.15, 0.2) is 0 Å². The lowest BCUT2D eigenvalue weighted by molar-refractivity contribution is 0.0571. The van der Waals surface area contributed by atoms with Crippen molar-refractivity contribution >= 4 is 34.8 Å². The first-order valence-corrected chi connectivity index (χ1v) is 7.59. The Morgan fingerprint density at radius 2 is 2.05 bits per heavy atom. The van der Waals surface area contributed by atoms with E-state index in [1.165, 1.54) is 12.8 Å². The molecule has 0 spiro atoms. The number of carbonyl (C=O) groups excluding carboxylic acids is 1. The maximum atomic E-state index is 12.6. The molecule has 1 unspecified atom stereocenters. The lowest BCUT2D eigenvalue weighted by Crippen LogP contribution is -2.52. The molecule has 2 aliphatic heterocycles. The van der Waals surface area contributed by atoms with Crippen LogP contribution in [0.2, 0.25) is 10.0 Å². The molecule has 6 heteroatoms. The van der Waals surface area contributed by atoms with Crippen molar-refractivity contribution in [2.45, 2.75) is 18.9 Å². The normalized spacial score (nSPS) is 22.9. The molecule has 2 fully saturated rings. The fourth-order valence-corrected chi connectivity index (χ4v) is 3.43. The van der Waals surface area contributed by atoms with Gasteiger partial charge in [0.1, 0.15) is 0 Å². The van der Waals surface area contributed by atoms with E-state index in [0.29, 0.717) is 27.3 Å². The molecule has 1 aromatic rings. The minimum atomic E-state index is -0.0122. The van der Waals surface area contributed by atoms with Gasteiger partial charge in [0, 0.05) is 31.2 Å². The molecular formula is C14H17Cl2N3O. The van der Waals surface area contributed by atoms with Crippen molar-refractivity contribution in [2.75, 3.05) is 31.9 Å². The zero-order valence-electron chi connectivity index (χ0n) is 11.1. The van der Waals surface area contributed by atoms with Crippen molar-refractivity contribution in [3.63, 3.8) is 0 Å². The maximum absolute atomic E-state index is 12.6. The Kier molecular flexibility index (Phi) is 3.80. The SMILES string of the molecule is Nc1cc(C(=O)N2CCN3CCCC3C2)cc(Cl)c1Cl. The highest BCUT2D eigenvalue weighted by Gasteiger charge is 2.32. The lowest BCUT2D eigenvalue weighted by atomic mass is 10.1. The molecule has 2 heterocycles. The number of hydrogen-bond donors (Lipinski definition) is 1. The van der Waals surface area contributed by atoms with Gasteiger partial charge in [-0.2, -0.15) is 0 Å². The standard InChI is InChI=1S/C14H17Cl2N3O/c15-11-6-9(7-12(17)13(11)16)14(20)19-5-4-18-3-1-2-10(18)8-19/h6-7,10H,1-5,8,17H2. The molecule has 4 nitrogen and oxygen atoms in total. The van der Waals surface area contributed by atoms with Crippen molar-refractivity contribution in [1.29, 1.82) is 0 Å².